The normalized spacial score (nSPS) is 17.1. The lowest BCUT2D eigenvalue weighted by molar-refractivity contribution is -0.384. The zero-order chi connectivity index (χ0) is 21.1. The fourth-order valence-electron chi connectivity index (χ4n) is 3.91. The molecule has 1 aliphatic carbocycles. The largest absolute Gasteiger partial charge is 0.452 e. The Morgan fingerprint density at radius 2 is 2.00 bits per heavy atom. The molecular formula is C23H21NO6. The summed E-state index contributed by atoms with van der Waals surface area (Å²) in [5.74, 6) is 0.691. The number of nitrogens with zero attached hydrogens (tertiary/aromatic N) is 1. The van der Waals surface area contributed by atoms with Crippen LogP contribution in [0.15, 0.2) is 48.2 Å². The van der Waals surface area contributed by atoms with Crippen molar-refractivity contribution in [1.29, 1.82) is 0 Å². The van der Waals surface area contributed by atoms with Crippen LogP contribution in [-0.2, 0) is 4.79 Å². The Bertz CT molecular complexity index is 1040. The molecule has 0 unspecified atom stereocenters. The van der Waals surface area contributed by atoms with Crippen LogP contribution in [0.3, 0.4) is 0 Å². The third-order valence-electron chi connectivity index (χ3n) is 5.48. The summed E-state index contributed by atoms with van der Waals surface area (Å²) in [7, 11) is 0. The number of non-ortho nitro benzene ring substituents is 1. The molecule has 7 heteroatoms. The van der Waals surface area contributed by atoms with Gasteiger partial charge in [0.15, 0.2) is 5.76 Å². The molecule has 0 bridgehead atoms. The molecule has 1 heterocycles. The number of rotatable bonds is 6. The van der Waals surface area contributed by atoms with E-state index in [1.54, 1.807) is 24.3 Å². The van der Waals surface area contributed by atoms with E-state index in [1.165, 1.54) is 50.0 Å². The average molecular weight is 407 g/mol. The van der Waals surface area contributed by atoms with Crippen molar-refractivity contribution in [3.05, 3.63) is 69.5 Å². The number of allylic oxidation sites excluding steroid dienone is 1. The van der Waals surface area contributed by atoms with Crippen LogP contribution >= 0.6 is 0 Å². The standard InChI is InChI=1S/C23H21NO6/c25-22(11-8-15-4-1-2-5-15)29-18-9-10-19-20(14-18)30-21(23(19)26)13-16-6-3-7-17(12-16)24(27)28/h3,6-7,9-10,12-15H,1-2,4-5,8,11H2. The van der Waals surface area contributed by atoms with Gasteiger partial charge in [-0.25, -0.2) is 0 Å². The fraction of sp³-hybridized carbons (Fsp3) is 0.304. The van der Waals surface area contributed by atoms with E-state index in [2.05, 4.69) is 0 Å². The Kier molecular flexibility index (Phi) is 5.61. The van der Waals surface area contributed by atoms with Gasteiger partial charge in [-0.1, -0.05) is 37.8 Å². The topological polar surface area (TPSA) is 95.7 Å². The molecule has 7 nitrogen and oxygen atoms in total. The summed E-state index contributed by atoms with van der Waals surface area (Å²) in [4.78, 5) is 35.1. The molecule has 30 heavy (non-hydrogen) atoms. The summed E-state index contributed by atoms with van der Waals surface area (Å²) in [5, 5.41) is 10.9. The number of benzene rings is 2. The Hall–Kier alpha value is -3.48. The molecule has 154 valence electrons. The summed E-state index contributed by atoms with van der Waals surface area (Å²) in [6, 6.07) is 10.6. The van der Waals surface area contributed by atoms with Gasteiger partial charge in [0.05, 0.1) is 10.5 Å². The van der Waals surface area contributed by atoms with Crippen molar-refractivity contribution in [3.8, 4) is 11.5 Å². The highest BCUT2D eigenvalue weighted by molar-refractivity contribution is 6.14. The summed E-state index contributed by atoms with van der Waals surface area (Å²) >= 11 is 0. The van der Waals surface area contributed by atoms with E-state index in [-0.39, 0.29) is 23.2 Å². The van der Waals surface area contributed by atoms with Crippen LogP contribution in [0.4, 0.5) is 5.69 Å². The lowest BCUT2D eigenvalue weighted by atomic mass is 10.0. The SMILES string of the molecule is O=C(CCC1CCCC1)Oc1ccc2c(c1)OC(=Cc1cccc([N+](=O)[O-])c1)C2=O. The van der Waals surface area contributed by atoms with Crippen molar-refractivity contribution in [1.82, 2.24) is 0 Å². The monoisotopic (exact) mass is 407 g/mol. The summed E-state index contributed by atoms with van der Waals surface area (Å²) in [6.07, 6.45) is 7.52. The zero-order valence-corrected chi connectivity index (χ0v) is 16.3. The first-order chi connectivity index (χ1) is 14.5. The van der Waals surface area contributed by atoms with Gasteiger partial charge in [0.2, 0.25) is 5.78 Å². The number of ketones is 1. The third-order valence-corrected chi connectivity index (χ3v) is 5.48. The molecule has 0 aromatic heterocycles. The summed E-state index contributed by atoms with van der Waals surface area (Å²) < 4.78 is 11.0. The second kappa shape index (κ2) is 8.49. The van der Waals surface area contributed by atoms with Gasteiger partial charge >= 0.3 is 5.97 Å². The molecule has 0 N–H and O–H groups in total. The number of hydrogen-bond acceptors (Lipinski definition) is 6. The van der Waals surface area contributed by atoms with E-state index in [9.17, 15) is 19.7 Å². The second-order valence-electron chi connectivity index (χ2n) is 7.61. The third kappa shape index (κ3) is 4.40. The minimum atomic E-state index is -0.499. The first kappa shape index (κ1) is 19.8. The number of ether oxygens (including phenoxy) is 2. The summed E-state index contributed by atoms with van der Waals surface area (Å²) in [5.41, 5.74) is 0.774. The Morgan fingerprint density at radius 1 is 1.20 bits per heavy atom. The molecule has 0 atom stereocenters. The van der Waals surface area contributed by atoms with Gasteiger partial charge in [-0.05, 0) is 36.1 Å². The quantitative estimate of drug-likeness (QED) is 0.218. The molecule has 4 rings (SSSR count). The highest BCUT2D eigenvalue weighted by Crippen LogP contribution is 2.35. The van der Waals surface area contributed by atoms with E-state index < -0.39 is 4.92 Å². The van der Waals surface area contributed by atoms with Crippen molar-refractivity contribution in [2.45, 2.75) is 38.5 Å². The number of carbonyl (C=O) groups excluding carboxylic acids is 2. The number of Topliss-reactive ketones (excluding diaryl/α,β-unsaturated/α-hetero) is 1. The van der Waals surface area contributed by atoms with Crippen molar-refractivity contribution >= 4 is 23.5 Å². The maximum Gasteiger partial charge on any atom is 0.311 e. The smallest absolute Gasteiger partial charge is 0.311 e. The molecule has 1 fully saturated rings. The van der Waals surface area contributed by atoms with Gasteiger partial charge < -0.3 is 9.47 Å². The first-order valence-corrected chi connectivity index (χ1v) is 10.0. The Morgan fingerprint density at radius 3 is 2.77 bits per heavy atom. The molecule has 1 aliphatic heterocycles. The molecular weight excluding hydrogens is 386 g/mol. The van der Waals surface area contributed by atoms with Crippen LogP contribution in [-0.4, -0.2) is 16.7 Å². The Balaban J connectivity index is 1.44. The van der Waals surface area contributed by atoms with Crippen LogP contribution in [0.25, 0.3) is 6.08 Å². The molecule has 0 spiro atoms. The highest BCUT2D eigenvalue weighted by Gasteiger charge is 2.28. The summed E-state index contributed by atoms with van der Waals surface area (Å²) in [6.45, 7) is 0. The van der Waals surface area contributed by atoms with Gasteiger partial charge in [0.1, 0.15) is 11.5 Å². The van der Waals surface area contributed by atoms with E-state index in [0.29, 0.717) is 35.0 Å². The Labute approximate surface area is 173 Å². The van der Waals surface area contributed by atoms with E-state index >= 15 is 0 Å². The second-order valence-corrected chi connectivity index (χ2v) is 7.61. The average Bonchev–Trinajstić information content (AvgIpc) is 3.35. The maximum atomic E-state index is 12.6. The minimum absolute atomic E-state index is 0.0650. The molecule has 0 saturated heterocycles. The van der Waals surface area contributed by atoms with Crippen LogP contribution in [0.2, 0.25) is 0 Å². The van der Waals surface area contributed by atoms with Crippen molar-refractivity contribution in [3.63, 3.8) is 0 Å². The number of fused-ring (bicyclic) bond motifs is 1. The van der Waals surface area contributed by atoms with Crippen molar-refractivity contribution in [2.75, 3.05) is 0 Å². The van der Waals surface area contributed by atoms with Crippen LogP contribution in [0.1, 0.15) is 54.4 Å². The van der Waals surface area contributed by atoms with Crippen LogP contribution < -0.4 is 9.47 Å². The highest BCUT2D eigenvalue weighted by atomic mass is 16.6. The van der Waals surface area contributed by atoms with Gasteiger partial charge in [-0.15, -0.1) is 0 Å². The van der Waals surface area contributed by atoms with E-state index in [1.807, 2.05) is 0 Å². The van der Waals surface area contributed by atoms with E-state index in [0.717, 1.165) is 6.42 Å². The van der Waals surface area contributed by atoms with Gasteiger partial charge in [-0.2, -0.15) is 0 Å². The number of esters is 1. The fourth-order valence-corrected chi connectivity index (χ4v) is 3.91. The lowest BCUT2D eigenvalue weighted by Crippen LogP contribution is -2.09. The zero-order valence-electron chi connectivity index (χ0n) is 16.3. The van der Waals surface area contributed by atoms with Gasteiger partial charge in [0, 0.05) is 24.6 Å². The predicted octanol–water partition coefficient (Wildman–Crippen LogP) is 5.09. The van der Waals surface area contributed by atoms with Crippen LogP contribution in [0.5, 0.6) is 11.5 Å². The maximum absolute atomic E-state index is 12.6. The van der Waals surface area contributed by atoms with E-state index in [4.69, 9.17) is 9.47 Å². The molecule has 0 radical (unpaired) electrons. The first-order valence-electron chi connectivity index (χ1n) is 10.0. The molecule has 0 amide bonds. The number of nitro groups is 1. The number of carbonyl (C=O) groups is 2. The molecule has 2 aromatic rings. The molecule has 1 saturated carbocycles. The van der Waals surface area contributed by atoms with Crippen molar-refractivity contribution < 1.29 is 24.0 Å². The predicted molar refractivity (Wildman–Crippen MR) is 109 cm³/mol. The lowest BCUT2D eigenvalue weighted by Gasteiger charge is -2.09. The van der Waals surface area contributed by atoms with Crippen molar-refractivity contribution in [2.24, 2.45) is 5.92 Å². The minimum Gasteiger partial charge on any atom is -0.452 e. The number of nitro benzene ring substituents is 1. The van der Waals surface area contributed by atoms with Gasteiger partial charge in [-0.3, -0.25) is 19.7 Å². The van der Waals surface area contributed by atoms with Crippen LogP contribution in [0, 0.1) is 16.0 Å². The molecule has 2 aromatic carbocycles. The molecule has 2 aliphatic rings. The van der Waals surface area contributed by atoms with Gasteiger partial charge in [0.25, 0.3) is 5.69 Å². The number of hydrogen-bond donors (Lipinski definition) is 0.